The maximum Gasteiger partial charge on any atom is 0.261 e. The van der Waals surface area contributed by atoms with Gasteiger partial charge in [-0.1, -0.05) is 112 Å². The fourth-order valence-corrected chi connectivity index (χ4v) is 10.1. The van der Waals surface area contributed by atoms with Crippen LogP contribution in [0.4, 0.5) is 0 Å². The number of hydrogen-bond donors (Lipinski definition) is 0. The Hall–Kier alpha value is -2.77. The number of likely N-dealkylation sites (N-methyl/N-ethyl adjacent to an activating group) is 2. The molecule has 1 aliphatic rings. The molecule has 0 N–H and O–H groups in total. The molecule has 1 aliphatic heterocycles. The van der Waals surface area contributed by atoms with Gasteiger partial charge in [-0.25, -0.2) is 0 Å². The van der Waals surface area contributed by atoms with E-state index in [9.17, 15) is 4.79 Å². The molecule has 4 rings (SSSR count). The van der Waals surface area contributed by atoms with E-state index in [-0.39, 0.29) is 23.1 Å². The molecule has 1 saturated heterocycles. The number of carbonyl (C=O) groups excluding carboxylic acids is 1. The first-order valence-electron chi connectivity index (χ1n) is 13.1. The van der Waals surface area contributed by atoms with Crippen molar-refractivity contribution in [3.05, 3.63) is 96.6 Å². The van der Waals surface area contributed by atoms with E-state index in [2.05, 4.69) is 98.5 Å². The molecule has 1 amide bonds. The van der Waals surface area contributed by atoms with Crippen LogP contribution in [0.5, 0.6) is 0 Å². The van der Waals surface area contributed by atoms with Crippen LogP contribution < -0.4 is 10.4 Å². The van der Waals surface area contributed by atoms with Gasteiger partial charge < -0.3 is 14.1 Å². The first-order chi connectivity index (χ1) is 17.7. The predicted octanol–water partition coefficient (Wildman–Crippen LogP) is 3.92. The summed E-state index contributed by atoms with van der Waals surface area (Å²) in [7, 11) is 1.08. The Morgan fingerprint density at radius 2 is 1.35 bits per heavy atom. The van der Waals surface area contributed by atoms with Crippen LogP contribution in [0.15, 0.2) is 91.0 Å². The van der Waals surface area contributed by atoms with E-state index in [1.165, 1.54) is 10.4 Å². The minimum atomic E-state index is -2.81. The molecule has 37 heavy (non-hydrogen) atoms. The van der Waals surface area contributed by atoms with Crippen LogP contribution in [0.3, 0.4) is 0 Å². The van der Waals surface area contributed by atoms with Gasteiger partial charge in [-0.05, 0) is 28.0 Å². The normalized spacial score (nSPS) is 19.6. The molecule has 0 unspecified atom stereocenters. The lowest BCUT2D eigenvalue weighted by molar-refractivity contribution is -0.133. The quantitative estimate of drug-likeness (QED) is 0.426. The fourth-order valence-electron chi connectivity index (χ4n) is 5.40. The molecule has 6 heteroatoms. The summed E-state index contributed by atoms with van der Waals surface area (Å²) < 4.78 is 13.8. The first kappa shape index (κ1) is 27.3. The number of amides is 1. The van der Waals surface area contributed by atoms with E-state index in [0.29, 0.717) is 26.3 Å². The Morgan fingerprint density at radius 3 is 1.86 bits per heavy atom. The molecule has 2 atom stereocenters. The molecule has 3 aromatic rings. The third-order valence-electron chi connectivity index (χ3n) is 7.36. The minimum Gasteiger partial charge on any atom is -0.401 e. The Balaban J connectivity index is 1.74. The molecule has 0 radical (unpaired) electrons. The van der Waals surface area contributed by atoms with Crippen molar-refractivity contribution in [3.8, 4) is 0 Å². The molecule has 0 bridgehead atoms. The Labute approximate surface area is 223 Å². The fraction of sp³-hybridized carbons (Fsp3) is 0.387. The SMILES string of the molecule is CN1CC(=O)N(C)[C@H](COCc2ccccc2)[C@@H](O[Si](c2ccccc2)(c2ccccc2)C(C)(C)C)C1. The molecular weight excluding hydrogens is 476 g/mol. The zero-order valence-electron chi connectivity index (χ0n) is 22.8. The van der Waals surface area contributed by atoms with E-state index in [0.717, 1.165) is 5.56 Å². The molecule has 0 aliphatic carbocycles. The van der Waals surface area contributed by atoms with Crippen LogP contribution in [0.25, 0.3) is 0 Å². The highest BCUT2D eigenvalue weighted by Gasteiger charge is 2.53. The maximum atomic E-state index is 13.1. The molecule has 1 fully saturated rings. The summed E-state index contributed by atoms with van der Waals surface area (Å²) in [4.78, 5) is 17.0. The van der Waals surface area contributed by atoms with E-state index >= 15 is 0 Å². The second kappa shape index (κ2) is 11.7. The van der Waals surface area contributed by atoms with Gasteiger partial charge in [-0.2, -0.15) is 0 Å². The number of ether oxygens (including phenoxy) is 1. The van der Waals surface area contributed by atoms with Gasteiger partial charge >= 0.3 is 0 Å². The zero-order valence-corrected chi connectivity index (χ0v) is 23.8. The van der Waals surface area contributed by atoms with Gasteiger partial charge in [-0.3, -0.25) is 9.69 Å². The van der Waals surface area contributed by atoms with Crippen molar-refractivity contribution >= 4 is 24.6 Å². The zero-order chi connectivity index (χ0) is 26.5. The number of hydrogen-bond acceptors (Lipinski definition) is 4. The van der Waals surface area contributed by atoms with Gasteiger partial charge in [0.1, 0.15) is 0 Å². The van der Waals surface area contributed by atoms with E-state index in [1.807, 2.05) is 37.2 Å². The summed E-state index contributed by atoms with van der Waals surface area (Å²) in [6.07, 6.45) is -0.219. The van der Waals surface area contributed by atoms with E-state index in [1.54, 1.807) is 0 Å². The van der Waals surface area contributed by atoms with Crippen LogP contribution in [-0.2, 0) is 20.6 Å². The molecule has 3 aromatic carbocycles. The van der Waals surface area contributed by atoms with Gasteiger partial charge in [0.05, 0.1) is 31.9 Å². The van der Waals surface area contributed by atoms with Crippen molar-refractivity contribution < 1.29 is 14.0 Å². The summed E-state index contributed by atoms with van der Waals surface area (Å²) >= 11 is 0. The van der Waals surface area contributed by atoms with Crippen molar-refractivity contribution in [1.29, 1.82) is 0 Å². The molecular formula is C31H40N2O3Si. The van der Waals surface area contributed by atoms with Crippen molar-refractivity contribution in [3.63, 3.8) is 0 Å². The Bertz CT molecular complexity index is 1100. The minimum absolute atomic E-state index is 0.0874. The number of rotatable bonds is 8. The lowest BCUT2D eigenvalue weighted by Crippen LogP contribution is -2.69. The molecule has 196 valence electrons. The van der Waals surface area contributed by atoms with Crippen molar-refractivity contribution in [2.45, 2.75) is 44.6 Å². The molecule has 0 spiro atoms. The van der Waals surface area contributed by atoms with Crippen molar-refractivity contribution in [1.82, 2.24) is 9.80 Å². The number of benzene rings is 3. The smallest absolute Gasteiger partial charge is 0.261 e. The standard InChI is InChI=1S/C31H40N2O3Si/c1-31(2,3)37(26-17-11-7-12-18-26,27-19-13-8-14-20-27)36-29-21-32(4)22-30(34)33(5)28(29)24-35-23-25-15-9-6-10-16-25/h6-20,28-29H,21-24H2,1-5H3/t28-,29+/m1/s1. The summed E-state index contributed by atoms with van der Waals surface area (Å²) in [6.45, 7) is 8.79. The Kier molecular flexibility index (Phi) is 8.65. The van der Waals surface area contributed by atoms with Gasteiger partial charge in [0, 0.05) is 13.6 Å². The lowest BCUT2D eigenvalue weighted by Gasteiger charge is -2.47. The highest BCUT2D eigenvalue weighted by Crippen LogP contribution is 2.38. The lowest BCUT2D eigenvalue weighted by atomic mass is 10.1. The van der Waals surface area contributed by atoms with Gasteiger partial charge in [-0.15, -0.1) is 0 Å². The number of carbonyl (C=O) groups is 1. The molecule has 1 heterocycles. The van der Waals surface area contributed by atoms with Crippen LogP contribution in [-0.4, -0.2) is 70.0 Å². The molecule has 5 nitrogen and oxygen atoms in total. The molecule has 0 saturated carbocycles. The van der Waals surface area contributed by atoms with E-state index in [4.69, 9.17) is 9.16 Å². The predicted molar refractivity (Wildman–Crippen MR) is 153 cm³/mol. The highest BCUT2D eigenvalue weighted by molar-refractivity contribution is 6.99. The summed E-state index contributed by atoms with van der Waals surface area (Å²) in [5.74, 6) is 0.0874. The summed E-state index contributed by atoms with van der Waals surface area (Å²) in [5.41, 5.74) is 1.12. The first-order valence-corrected chi connectivity index (χ1v) is 15.0. The van der Waals surface area contributed by atoms with Gasteiger partial charge in [0.15, 0.2) is 0 Å². The summed E-state index contributed by atoms with van der Waals surface area (Å²) in [6, 6.07) is 31.3. The van der Waals surface area contributed by atoms with Crippen LogP contribution in [0.1, 0.15) is 26.3 Å². The van der Waals surface area contributed by atoms with Gasteiger partial charge in [0.2, 0.25) is 5.91 Å². The van der Waals surface area contributed by atoms with E-state index < -0.39 is 8.32 Å². The van der Waals surface area contributed by atoms with Gasteiger partial charge in [0.25, 0.3) is 8.32 Å². The van der Waals surface area contributed by atoms with Crippen LogP contribution >= 0.6 is 0 Å². The average Bonchev–Trinajstić information content (AvgIpc) is 2.99. The summed E-state index contributed by atoms with van der Waals surface area (Å²) in [5, 5.41) is 2.32. The van der Waals surface area contributed by atoms with Crippen LogP contribution in [0, 0.1) is 0 Å². The Morgan fingerprint density at radius 1 is 0.838 bits per heavy atom. The third-order valence-corrected chi connectivity index (χ3v) is 12.4. The van der Waals surface area contributed by atoms with Crippen molar-refractivity contribution in [2.75, 3.05) is 33.8 Å². The second-order valence-corrected chi connectivity index (χ2v) is 15.3. The molecule has 0 aromatic heterocycles. The largest absolute Gasteiger partial charge is 0.401 e. The third kappa shape index (κ3) is 6.04. The second-order valence-electron chi connectivity index (χ2n) is 11.1. The highest BCUT2D eigenvalue weighted by atomic mass is 28.4. The van der Waals surface area contributed by atoms with Crippen LogP contribution in [0.2, 0.25) is 5.04 Å². The number of nitrogens with zero attached hydrogens (tertiary/aromatic N) is 2. The maximum absolute atomic E-state index is 13.1. The average molecular weight is 517 g/mol. The van der Waals surface area contributed by atoms with Crippen molar-refractivity contribution in [2.24, 2.45) is 0 Å². The topological polar surface area (TPSA) is 42.0 Å². The monoisotopic (exact) mass is 516 g/mol.